The standard InChI is InChI=1S/C8H12N4O/c9-8-10-3-1-7(11-8)12-4-2-6(13)5-12/h1,3,6,13H,2,4-5H2,(H2,9,10,11)/t6-/m0/s1. The molecule has 0 aliphatic carbocycles. The Morgan fingerprint density at radius 1 is 1.62 bits per heavy atom. The number of β-amino-alcohol motifs (C(OH)–C–C–N with tert-alkyl or cyclic N) is 1. The second-order valence-corrected chi connectivity index (χ2v) is 3.16. The van der Waals surface area contributed by atoms with E-state index in [2.05, 4.69) is 9.97 Å². The first kappa shape index (κ1) is 8.25. The Bertz CT molecular complexity index is 304. The monoisotopic (exact) mass is 180 g/mol. The smallest absolute Gasteiger partial charge is 0.221 e. The lowest BCUT2D eigenvalue weighted by Crippen LogP contribution is -2.22. The van der Waals surface area contributed by atoms with Gasteiger partial charge in [0, 0.05) is 19.3 Å². The molecule has 2 rings (SSSR count). The number of nitrogens with zero attached hydrogens (tertiary/aromatic N) is 3. The summed E-state index contributed by atoms with van der Waals surface area (Å²) in [7, 11) is 0. The summed E-state index contributed by atoms with van der Waals surface area (Å²) in [6.45, 7) is 1.47. The van der Waals surface area contributed by atoms with E-state index < -0.39 is 0 Å². The minimum Gasteiger partial charge on any atom is -0.391 e. The van der Waals surface area contributed by atoms with Crippen molar-refractivity contribution in [2.75, 3.05) is 23.7 Å². The van der Waals surface area contributed by atoms with Gasteiger partial charge < -0.3 is 15.7 Å². The molecule has 1 fully saturated rings. The molecule has 0 spiro atoms. The number of aromatic nitrogens is 2. The number of nitrogen functional groups attached to an aromatic ring is 1. The maximum atomic E-state index is 9.31. The van der Waals surface area contributed by atoms with Crippen LogP contribution in [0.25, 0.3) is 0 Å². The topological polar surface area (TPSA) is 75.3 Å². The number of hydrogen-bond acceptors (Lipinski definition) is 5. The molecule has 5 heteroatoms. The number of hydrogen-bond donors (Lipinski definition) is 2. The highest BCUT2D eigenvalue weighted by Gasteiger charge is 2.21. The van der Waals surface area contributed by atoms with Crippen molar-refractivity contribution in [1.82, 2.24) is 9.97 Å². The van der Waals surface area contributed by atoms with Crippen molar-refractivity contribution in [2.24, 2.45) is 0 Å². The van der Waals surface area contributed by atoms with Crippen LogP contribution in [0.3, 0.4) is 0 Å². The van der Waals surface area contributed by atoms with Crippen LogP contribution in [-0.2, 0) is 0 Å². The van der Waals surface area contributed by atoms with E-state index in [1.165, 1.54) is 0 Å². The van der Waals surface area contributed by atoms with Gasteiger partial charge in [0.05, 0.1) is 6.10 Å². The van der Waals surface area contributed by atoms with Gasteiger partial charge in [-0.15, -0.1) is 0 Å². The van der Waals surface area contributed by atoms with Gasteiger partial charge in [-0.3, -0.25) is 0 Å². The molecule has 1 saturated heterocycles. The van der Waals surface area contributed by atoms with Crippen molar-refractivity contribution in [2.45, 2.75) is 12.5 Å². The van der Waals surface area contributed by atoms with Crippen LogP contribution in [0, 0.1) is 0 Å². The van der Waals surface area contributed by atoms with Crippen LogP contribution >= 0.6 is 0 Å². The van der Waals surface area contributed by atoms with Gasteiger partial charge in [0.25, 0.3) is 0 Å². The molecule has 1 atom stereocenters. The molecule has 1 aliphatic rings. The molecule has 0 unspecified atom stereocenters. The molecule has 1 aromatic heterocycles. The molecule has 0 saturated carbocycles. The Labute approximate surface area is 76.2 Å². The van der Waals surface area contributed by atoms with Crippen LogP contribution in [0.4, 0.5) is 11.8 Å². The van der Waals surface area contributed by atoms with Crippen LogP contribution in [0.1, 0.15) is 6.42 Å². The largest absolute Gasteiger partial charge is 0.391 e. The third kappa shape index (κ3) is 1.70. The first-order chi connectivity index (χ1) is 6.25. The summed E-state index contributed by atoms with van der Waals surface area (Å²) in [4.78, 5) is 9.88. The number of anilines is 2. The van der Waals surface area contributed by atoms with E-state index >= 15 is 0 Å². The highest BCUT2D eigenvalue weighted by molar-refractivity contribution is 5.42. The van der Waals surface area contributed by atoms with E-state index in [0.29, 0.717) is 6.54 Å². The quantitative estimate of drug-likeness (QED) is 0.616. The zero-order valence-electron chi connectivity index (χ0n) is 7.22. The molecule has 13 heavy (non-hydrogen) atoms. The van der Waals surface area contributed by atoms with Crippen molar-refractivity contribution in [3.05, 3.63) is 12.3 Å². The summed E-state index contributed by atoms with van der Waals surface area (Å²) in [5.74, 6) is 1.07. The lowest BCUT2D eigenvalue weighted by molar-refractivity contribution is 0.198. The van der Waals surface area contributed by atoms with Gasteiger partial charge in [0.1, 0.15) is 5.82 Å². The molecule has 0 amide bonds. The number of rotatable bonds is 1. The third-order valence-corrected chi connectivity index (χ3v) is 2.15. The van der Waals surface area contributed by atoms with E-state index in [9.17, 15) is 5.11 Å². The minimum absolute atomic E-state index is 0.240. The third-order valence-electron chi connectivity index (χ3n) is 2.15. The fourth-order valence-corrected chi connectivity index (χ4v) is 1.49. The molecule has 5 nitrogen and oxygen atoms in total. The van der Waals surface area contributed by atoms with E-state index in [1.54, 1.807) is 12.3 Å². The van der Waals surface area contributed by atoms with Gasteiger partial charge in [0.15, 0.2) is 0 Å². The Morgan fingerprint density at radius 3 is 3.08 bits per heavy atom. The van der Waals surface area contributed by atoms with E-state index in [1.807, 2.05) is 4.90 Å². The van der Waals surface area contributed by atoms with Crippen LogP contribution in [0.15, 0.2) is 12.3 Å². The summed E-state index contributed by atoms with van der Waals surface area (Å²) in [6, 6.07) is 1.80. The van der Waals surface area contributed by atoms with Gasteiger partial charge in [0.2, 0.25) is 5.95 Å². The molecule has 0 aromatic carbocycles. The van der Waals surface area contributed by atoms with Crippen molar-refractivity contribution in [1.29, 1.82) is 0 Å². The first-order valence-corrected chi connectivity index (χ1v) is 4.27. The highest BCUT2D eigenvalue weighted by Crippen LogP contribution is 2.17. The summed E-state index contributed by atoms with van der Waals surface area (Å²) in [6.07, 6.45) is 2.18. The highest BCUT2D eigenvalue weighted by atomic mass is 16.3. The maximum absolute atomic E-state index is 9.31. The average molecular weight is 180 g/mol. The van der Waals surface area contributed by atoms with Crippen LogP contribution in [-0.4, -0.2) is 34.3 Å². The summed E-state index contributed by atoms with van der Waals surface area (Å²) in [5, 5.41) is 9.31. The van der Waals surface area contributed by atoms with Crippen molar-refractivity contribution >= 4 is 11.8 Å². The van der Waals surface area contributed by atoms with E-state index in [-0.39, 0.29) is 12.1 Å². The zero-order valence-corrected chi connectivity index (χ0v) is 7.22. The molecule has 70 valence electrons. The van der Waals surface area contributed by atoms with Gasteiger partial charge in [-0.2, -0.15) is 4.98 Å². The van der Waals surface area contributed by atoms with Crippen molar-refractivity contribution < 1.29 is 5.11 Å². The predicted molar refractivity (Wildman–Crippen MR) is 49.3 cm³/mol. The fourth-order valence-electron chi connectivity index (χ4n) is 1.49. The molecule has 2 heterocycles. The molecule has 3 N–H and O–H groups in total. The van der Waals surface area contributed by atoms with Crippen LogP contribution in [0.2, 0.25) is 0 Å². The number of nitrogens with two attached hydrogens (primary N) is 1. The van der Waals surface area contributed by atoms with Gasteiger partial charge in [-0.05, 0) is 12.5 Å². The molecule has 1 aromatic rings. The summed E-state index contributed by atoms with van der Waals surface area (Å²) >= 11 is 0. The summed E-state index contributed by atoms with van der Waals surface area (Å²) < 4.78 is 0. The molecule has 0 radical (unpaired) electrons. The Balaban J connectivity index is 2.16. The number of aliphatic hydroxyl groups is 1. The lowest BCUT2D eigenvalue weighted by Gasteiger charge is -2.15. The minimum atomic E-state index is -0.240. The van der Waals surface area contributed by atoms with E-state index in [0.717, 1.165) is 18.8 Å². The average Bonchev–Trinajstić information content (AvgIpc) is 2.52. The second-order valence-electron chi connectivity index (χ2n) is 3.16. The van der Waals surface area contributed by atoms with Gasteiger partial charge in [-0.1, -0.05) is 0 Å². The lowest BCUT2D eigenvalue weighted by atomic mass is 10.3. The van der Waals surface area contributed by atoms with Crippen LogP contribution in [0.5, 0.6) is 0 Å². The van der Waals surface area contributed by atoms with Crippen LogP contribution < -0.4 is 10.6 Å². The molecular formula is C8H12N4O. The predicted octanol–water partition coefficient (Wildman–Crippen LogP) is -0.370. The Kier molecular flexibility index (Phi) is 2.02. The molecule has 0 bridgehead atoms. The van der Waals surface area contributed by atoms with Crippen molar-refractivity contribution in [3.63, 3.8) is 0 Å². The van der Waals surface area contributed by atoms with Gasteiger partial charge >= 0.3 is 0 Å². The van der Waals surface area contributed by atoms with Crippen molar-refractivity contribution in [3.8, 4) is 0 Å². The fraction of sp³-hybridized carbons (Fsp3) is 0.500. The zero-order chi connectivity index (χ0) is 9.26. The maximum Gasteiger partial charge on any atom is 0.221 e. The molecule has 1 aliphatic heterocycles. The normalized spacial score (nSPS) is 22.2. The van der Waals surface area contributed by atoms with E-state index in [4.69, 9.17) is 5.73 Å². The SMILES string of the molecule is Nc1nccc(N2CC[C@H](O)C2)n1. The summed E-state index contributed by atoms with van der Waals surface area (Å²) in [5.41, 5.74) is 5.45. The van der Waals surface area contributed by atoms with Gasteiger partial charge in [-0.25, -0.2) is 4.98 Å². The Morgan fingerprint density at radius 2 is 2.46 bits per heavy atom. The second kappa shape index (κ2) is 3.18. The molecular weight excluding hydrogens is 168 g/mol. The number of aliphatic hydroxyl groups excluding tert-OH is 1. The Hall–Kier alpha value is -1.36. The first-order valence-electron chi connectivity index (χ1n) is 4.27.